The highest BCUT2D eigenvalue weighted by molar-refractivity contribution is 6.03. The van der Waals surface area contributed by atoms with E-state index in [4.69, 9.17) is 7.98 Å². The second-order valence-electron chi connectivity index (χ2n) is 0.964. The zero-order chi connectivity index (χ0) is 5.58. The molecule has 0 aromatic rings. The number of hydrazine groups is 1. The van der Waals surface area contributed by atoms with Crippen LogP contribution in [-0.2, 0) is 0 Å². The molecular weight excluding hydrogens is 76.9 g/mol. The first-order valence-corrected chi connectivity index (χ1v) is 1.49. The van der Waals surface area contributed by atoms with Gasteiger partial charge in [-0.05, 0) is 14.1 Å². The van der Waals surface area contributed by atoms with Gasteiger partial charge in [-0.2, -0.15) is 0 Å². The monoisotopic (exact) mass is 87.1 g/mol. The number of nitrogens with zero attached hydrogens (tertiary/aromatic N) is 1. The van der Waals surface area contributed by atoms with Crippen molar-refractivity contribution in [2.45, 2.75) is 0 Å². The fourth-order valence-corrected chi connectivity index (χ4v) is 0. The molecule has 2 radical (unpaired) electrons. The van der Waals surface area contributed by atoms with Crippen LogP contribution in [0.4, 0.5) is 0 Å². The summed E-state index contributed by atoms with van der Waals surface area (Å²) in [6.07, 6.45) is 0. The van der Waals surface area contributed by atoms with Crippen LogP contribution in [0.1, 0.15) is 0 Å². The van der Waals surface area contributed by atoms with E-state index in [1.54, 1.807) is 14.1 Å². The summed E-state index contributed by atoms with van der Waals surface area (Å²) in [4.78, 5) is 1.50. The van der Waals surface area contributed by atoms with E-state index in [9.17, 15) is 0 Å². The molecule has 0 unspecified atom stereocenters. The van der Waals surface area contributed by atoms with Gasteiger partial charge in [0.15, 0.2) is 7.98 Å². The molecular formula is C2H10BN3. The Morgan fingerprint density at radius 2 is 1.33 bits per heavy atom. The Hall–Kier alpha value is -0.0551. The van der Waals surface area contributed by atoms with Crippen LogP contribution >= 0.6 is 0 Å². The molecule has 0 aromatic heterocycles. The van der Waals surface area contributed by atoms with Crippen molar-refractivity contribution < 1.29 is 0 Å². The molecule has 6 heavy (non-hydrogen) atoms. The van der Waals surface area contributed by atoms with Crippen molar-refractivity contribution in [3.05, 3.63) is 0 Å². The van der Waals surface area contributed by atoms with Gasteiger partial charge >= 0.3 is 0 Å². The second kappa shape index (κ2) is 8.87. The molecule has 3 nitrogen and oxygen atoms in total. The molecule has 0 rings (SSSR count). The molecule has 0 aromatic carbocycles. The Morgan fingerprint density at radius 1 is 1.33 bits per heavy atom. The lowest BCUT2D eigenvalue weighted by molar-refractivity contribution is 0.679. The summed E-state index contributed by atoms with van der Waals surface area (Å²) in [6.45, 7) is 0. The van der Waals surface area contributed by atoms with Crippen LogP contribution in [0.3, 0.4) is 0 Å². The zero-order valence-electron chi connectivity index (χ0n) is 4.18. The van der Waals surface area contributed by atoms with E-state index in [-0.39, 0.29) is 0 Å². The summed E-state index contributed by atoms with van der Waals surface area (Å²) < 4.78 is 0. The second-order valence-corrected chi connectivity index (χ2v) is 0.964. The van der Waals surface area contributed by atoms with Crippen molar-refractivity contribution >= 4 is 7.98 Å². The molecule has 0 atom stereocenters. The van der Waals surface area contributed by atoms with Crippen LogP contribution in [0.5, 0.6) is 0 Å². The maximum atomic E-state index is 4.94. The van der Waals surface area contributed by atoms with E-state index in [0.717, 1.165) is 0 Å². The van der Waals surface area contributed by atoms with Crippen molar-refractivity contribution in [1.82, 2.24) is 4.81 Å². The molecule has 0 amide bonds. The minimum atomic E-state index is 1.50. The summed E-state index contributed by atoms with van der Waals surface area (Å²) in [7, 11) is 8.50. The summed E-state index contributed by atoms with van der Waals surface area (Å²) in [6, 6.07) is 0. The molecule has 0 bridgehead atoms. The van der Waals surface area contributed by atoms with E-state index < -0.39 is 0 Å². The summed E-state index contributed by atoms with van der Waals surface area (Å²) in [5, 5.41) is 0. The number of hydrogen-bond acceptors (Lipinski definition) is 3. The predicted octanol–water partition coefficient (Wildman–Crippen LogP) is -1.55. The van der Waals surface area contributed by atoms with Gasteiger partial charge in [-0.1, -0.05) is 0 Å². The molecule has 0 aliphatic carbocycles. The average molecular weight is 86.9 g/mol. The van der Waals surface area contributed by atoms with E-state index >= 15 is 0 Å². The van der Waals surface area contributed by atoms with Crippen molar-refractivity contribution in [2.75, 3.05) is 14.1 Å². The quantitative estimate of drug-likeness (QED) is 0.213. The molecule has 4 heteroatoms. The van der Waals surface area contributed by atoms with E-state index in [0.29, 0.717) is 0 Å². The minimum Gasteiger partial charge on any atom is -0.359 e. The predicted molar refractivity (Wildman–Crippen MR) is 27.8 cm³/mol. The van der Waals surface area contributed by atoms with E-state index in [1.807, 2.05) is 0 Å². The minimum absolute atomic E-state index is 1.50. The Labute approximate surface area is 39.7 Å². The smallest absolute Gasteiger partial charge is 0.181 e. The Kier molecular flexibility index (Phi) is 13.8. The van der Waals surface area contributed by atoms with Crippen LogP contribution in [0.2, 0.25) is 0 Å². The zero-order valence-corrected chi connectivity index (χ0v) is 4.18. The summed E-state index contributed by atoms with van der Waals surface area (Å²) in [5.74, 6) is 8.00. The molecule has 4 N–H and O–H groups in total. The van der Waals surface area contributed by atoms with Gasteiger partial charge in [0.05, 0.1) is 0 Å². The molecule has 0 aliphatic rings. The SMILES string of the molecule is NN.[B]N(C)C. The lowest BCUT2D eigenvalue weighted by atomic mass is 10.4. The Balaban J connectivity index is 0. The van der Waals surface area contributed by atoms with Gasteiger partial charge in [0.25, 0.3) is 0 Å². The molecule has 0 saturated heterocycles. The molecule has 0 saturated carbocycles. The highest BCUT2D eigenvalue weighted by Gasteiger charge is 1.59. The van der Waals surface area contributed by atoms with Crippen LogP contribution in [-0.4, -0.2) is 26.9 Å². The third kappa shape index (κ3) is 11300. The Bertz CT molecular complexity index is 13.5. The van der Waals surface area contributed by atoms with Crippen LogP contribution in [0.25, 0.3) is 0 Å². The topological polar surface area (TPSA) is 55.3 Å². The lowest BCUT2D eigenvalue weighted by Crippen LogP contribution is -2.02. The van der Waals surface area contributed by atoms with E-state index in [1.165, 1.54) is 4.81 Å². The van der Waals surface area contributed by atoms with Crippen molar-refractivity contribution in [3.63, 3.8) is 0 Å². The third-order valence-corrected chi connectivity index (χ3v) is 0. The molecule has 0 aliphatic heterocycles. The van der Waals surface area contributed by atoms with Crippen molar-refractivity contribution in [1.29, 1.82) is 0 Å². The van der Waals surface area contributed by atoms with Gasteiger partial charge < -0.3 is 4.81 Å². The standard InChI is InChI=1S/C2H6BN.H4N2/c1-4(2)3;1-2/h1-2H3;1-2H2. The van der Waals surface area contributed by atoms with Crippen LogP contribution in [0, 0.1) is 0 Å². The molecule has 0 spiro atoms. The summed E-state index contributed by atoms with van der Waals surface area (Å²) in [5.41, 5.74) is 0. The van der Waals surface area contributed by atoms with E-state index in [2.05, 4.69) is 11.7 Å². The average Bonchev–Trinajstić information content (AvgIpc) is 1.41. The first kappa shape index (κ1) is 9.34. The maximum Gasteiger partial charge on any atom is 0.181 e. The van der Waals surface area contributed by atoms with Crippen molar-refractivity contribution in [2.24, 2.45) is 11.7 Å². The molecule has 0 fully saturated rings. The van der Waals surface area contributed by atoms with Gasteiger partial charge in [0, 0.05) is 0 Å². The normalized spacial score (nSPS) is 6.83. The number of rotatable bonds is 0. The summed E-state index contributed by atoms with van der Waals surface area (Å²) >= 11 is 0. The largest absolute Gasteiger partial charge is 0.359 e. The third-order valence-electron chi connectivity index (χ3n) is 0. The molecule has 0 heterocycles. The molecule has 36 valence electrons. The fourth-order valence-electron chi connectivity index (χ4n) is 0. The van der Waals surface area contributed by atoms with Crippen LogP contribution < -0.4 is 11.7 Å². The van der Waals surface area contributed by atoms with Gasteiger partial charge in [-0.3, -0.25) is 11.7 Å². The highest BCUT2D eigenvalue weighted by atomic mass is 15.0. The first-order valence-electron chi connectivity index (χ1n) is 1.49. The van der Waals surface area contributed by atoms with Gasteiger partial charge in [-0.25, -0.2) is 0 Å². The Morgan fingerprint density at radius 3 is 1.33 bits per heavy atom. The maximum absolute atomic E-state index is 4.94. The number of nitrogens with two attached hydrogens (primary N) is 2. The number of hydrogen-bond donors (Lipinski definition) is 2. The first-order chi connectivity index (χ1) is 2.73. The van der Waals surface area contributed by atoms with Gasteiger partial charge in [0.2, 0.25) is 0 Å². The fraction of sp³-hybridized carbons (Fsp3) is 1.00. The van der Waals surface area contributed by atoms with Crippen molar-refractivity contribution in [3.8, 4) is 0 Å². The van der Waals surface area contributed by atoms with Crippen LogP contribution in [0.15, 0.2) is 0 Å². The highest BCUT2D eigenvalue weighted by Crippen LogP contribution is 1.44. The van der Waals surface area contributed by atoms with Gasteiger partial charge in [0.1, 0.15) is 0 Å². The lowest BCUT2D eigenvalue weighted by Gasteiger charge is -1.90. The van der Waals surface area contributed by atoms with Gasteiger partial charge in [-0.15, -0.1) is 0 Å².